The van der Waals surface area contributed by atoms with E-state index in [1.54, 1.807) is 6.92 Å². The number of nitriles is 1. The Morgan fingerprint density at radius 2 is 2.17 bits per heavy atom. The van der Waals surface area contributed by atoms with Crippen molar-refractivity contribution in [1.29, 1.82) is 5.26 Å². The molecule has 0 bridgehead atoms. The zero-order valence-corrected chi connectivity index (χ0v) is 8.56. The van der Waals surface area contributed by atoms with E-state index in [0.29, 0.717) is 0 Å². The lowest BCUT2D eigenvalue weighted by molar-refractivity contribution is 0.395. The Balaban J connectivity index is 4.41. The molecular weight excluding hydrogens is 200 g/mol. The number of hydrogen-bond acceptors (Lipinski definition) is 3. The standard InChI is InChI=1S/C6H11ClN2O2S/c1-6(3-4-8)9(2)12(10,11)5-7/h6H,3,5H2,1-2H3. The van der Waals surface area contributed by atoms with Crippen molar-refractivity contribution in [2.24, 2.45) is 0 Å². The molecule has 0 amide bonds. The zero-order chi connectivity index (χ0) is 9.78. The quantitative estimate of drug-likeness (QED) is 0.644. The molecule has 0 aromatic rings. The molecule has 0 aliphatic heterocycles. The molecule has 0 N–H and O–H groups in total. The molecule has 0 saturated carbocycles. The summed E-state index contributed by atoms with van der Waals surface area (Å²) in [6.45, 7) is 1.66. The van der Waals surface area contributed by atoms with Crippen LogP contribution in [-0.4, -0.2) is 31.0 Å². The normalized spacial score (nSPS) is 14.2. The summed E-state index contributed by atoms with van der Waals surface area (Å²) in [6, 6.07) is 1.57. The van der Waals surface area contributed by atoms with Crippen LogP contribution in [0.3, 0.4) is 0 Å². The predicted molar refractivity (Wildman–Crippen MR) is 47.1 cm³/mol. The highest BCUT2D eigenvalue weighted by Crippen LogP contribution is 2.08. The lowest BCUT2D eigenvalue weighted by Crippen LogP contribution is -2.35. The molecule has 1 atom stereocenters. The summed E-state index contributed by atoms with van der Waals surface area (Å²) >= 11 is 5.22. The number of hydrogen-bond donors (Lipinski definition) is 0. The fourth-order valence-corrected chi connectivity index (χ4v) is 1.85. The monoisotopic (exact) mass is 210 g/mol. The van der Waals surface area contributed by atoms with Crippen molar-refractivity contribution in [3.8, 4) is 6.07 Å². The van der Waals surface area contributed by atoms with Crippen molar-refractivity contribution in [2.45, 2.75) is 19.4 Å². The largest absolute Gasteiger partial charge is 0.228 e. The van der Waals surface area contributed by atoms with Gasteiger partial charge in [-0.05, 0) is 6.92 Å². The first kappa shape index (κ1) is 11.7. The Morgan fingerprint density at radius 1 is 1.67 bits per heavy atom. The molecule has 0 radical (unpaired) electrons. The van der Waals surface area contributed by atoms with Gasteiger partial charge in [-0.25, -0.2) is 12.7 Å². The van der Waals surface area contributed by atoms with Crippen LogP contribution in [0.5, 0.6) is 0 Å². The maximum Gasteiger partial charge on any atom is 0.228 e. The molecule has 70 valence electrons. The van der Waals surface area contributed by atoms with Gasteiger partial charge in [0.05, 0.1) is 12.5 Å². The van der Waals surface area contributed by atoms with Crippen molar-refractivity contribution in [3.05, 3.63) is 0 Å². The molecule has 0 aliphatic rings. The van der Waals surface area contributed by atoms with Crippen LogP contribution in [0.1, 0.15) is 13.3 Å². The Labute approximate surface area is 77.8 Å². The third-order valence-electron chi connectivity index (χ3n) is 1.58. The molecule has 0 rings (SSSR count). The Hall–Kier alpha value is -0.310. The highest BCUT2D eigenvalue weighted by atomic mass is 35.5. The minimum absolute atomic E-state index is 0.173. The van der Waals surface area contributed by atoms with Crippen LogP contribution in [0.15, 0.2) is 0 Å². The van der Waals surface area contributed by atoms with Crippen LogP contribution < -0.4 is 0 Å². The molecule has 0 heterocycles. The molecule has 1 unspecified atom stereocenters. The minimum Gasteiger partial charge on any atom is -0.211 e. The van der Waals surface area contributed by atoms with Gasteiger partial charge in [0.15, 0.2) is 0 Å². The van der Waals surface area contributed by atoms with E-state index in [1.165, 1.54) is 7.05 Å². The van der Waals surface area contributed by atoms with Crippen LogP contribution in [0, 0.1) is 11.3 Å². The molecule has 0 aromatic carbocycles. The summed E-state index contributed by atoms with van der Waals surface area (Å²) in [5.41, 5.74) is 0. The van der Waals surface area contributed by atoms with E-state index in [9.17, 15) is 8.42 Å². The molecule has 0 aliphatic carbocycles. The first-order valence-corrected chi connectivity index (χ1v) is 5.48. The fourth-order valence-electron chi connectivity index (χ4n) is 0.612. The molecule has 0 aromatic heterocycles. The second-order valence-electron chi connectivity index (χ2n) is 2.45. The van der Waals surface area contributed by atoms with Crippen LogP contribution in [-0.2, 0) is 10.0 Å². The number of rotatable bonds is 4. The van der Waals surface area contributed by atoms with Crippen molar-refractivity contribution >= 4 is 21.6 Å². The van der Waals surface area contributed by atoms with Crippen LogP contribution in [0.4, 0.5) is 0 Å². The summed E-state index contributed by atoms with van der Waals surface area (Å²) < 4.78 is 23.3. The van der Waals surface area contributed by atoms with Gasteiger partial charge in [0.2, 0.25) is 10.0 Å². The van der Waals surface area contributed by atoms with E-state index in [1.807, 2.05) is 6.07 Å². The van der Waals surface area contributed by atoms with Gasteiger partial charge in [-0.3, -0.25) is 0 Å². The second kappa shape index (κ2) is 4.65. The Bertz CT molecular complexity index is 270. The average Bonchev–Trinajstić information content (AvgIpc) is 2.03. The smallest absolute Gasteiger partial charge is 0.211 e. The van der Waals surface area contributed by atoms with Gasteiger partial charge in [0.25, 0.3) is 0 Å². The van der Waals surface area contributed by atoms with E-state index < -0.39 is 15.2 Å². The zero-order valence-electron chi connectivity index (χ0n) is 6.99. The molecule has 4 nitrogen and oxygen atoms in total. The van der Waals surface area contributed by atoms with Gasteiger partial charge < -0.3 is 0 Å². The van der Waals surface area contributed by atoms with Gasteiger partial charge >= 0.3 is 0 Å². The van der Waals surface area contributed by atoms with E-state index in [2.05, 4.69) is 0 Å². The van der Waals surface area contributed by atoms with Gasteiger partial charge in [0.1, 0.15) is 5.21 Å². The van der Waals surface area contributed by atoms with Gasteiger partial charge in [0, 0.05) is 13.1 Å². The minimum atomic E-state index is -3.37. The fraction of sp³-hybridized carbons (Fsp3) is 0.833. The average molecular weight is 211 g/mol. The van der Waals surface area contributed by atoms with Crippen LogP contribution in [0.2, 0.25) is 0 Å². The van der Waals surface area contributed by atoms with Gasteiger partial charge in [-0.15, -0.1) is 11.6 Å². The number of nitrogens with zero attached hydrogens (tertiary/aromatic N) is 2. The lowest BCUT2D eigenvalue weighted by Gasteiger charge is -2.20. The first-order chi connectivity index (χ1) is 5.45. The number of sulfonamides is 1. The maximum absolute atomic E-state index is 11.1. The Kier molecular flexibility index (Phi) is 4.53. The SMILES string of the molecule is CC(CC#N)N(C)S(=O)(=O)CCl. The van der Waals surface area contributed by atoms with E-state index >= 15 is 0 Å². The third-order valence-corrected chi connectivity index (χ3v) is 3.92. The molecule has 6 heteroatoms. The first-order valence-electron chi connectivity index (χ1n) is 3.34. The van der Waals surface area contributed by atoms with Crippen molar-refractivity contribution in [3.63, 3.8) is 0 Å². The van der Waals surface area contributed by atoms with Crippen molar-refractivity contribution < 1.29 is 8.42 Å². The molecule has 0 spiro atoms. The summed E-state index contributed by atoms with van der Waals surface area (Å²) in [7, 11) is -1.96. The summed E-state index contributed by atoms with van der Waals surface area (Å²) in [6.07, 6.45) is 0.173. The summed E-state index contributed by atoms with van der Waals surface area (Å²) in [5, 5.41) is 7.87. The van der Waals surface area contributed by atoms with Crippen LogP contribution >= 0.6 is 11.6 Å². The number of halogens is 1. The van der Waals surface area contributed by atoms with Crippen molar-refractivity contribution in [2.75, 3.05) is 12.3 Å². The van der Waals surface area contributed by atoms with Crippen molar-refractivity contribution in [1.82, 2.24) is 4.31 Å². The van der Waals surface area contributed by atoms with Gasteiger partial charge in [-0.2, -0.15) is 5.26 Å². The number of alkyl halides is 1. The second-order valence-corrected chi connectivity index (χ2v) is 5.06. The van der Waals surface area contributed by atoms with E-state index in [4.69, 9.17) is 16.9 Å². The summed E-state index contributed by atoms with van der Waals surface area (Å²) in [5.74, 6) is 0. The summed E-state index contributed by atoms with van der Waals surface area (Å²) in [4.78, 5) is 0. The van der Waals surface area contributed by atoms with E-state index in [0.717, 1.165) is 4.31 Å². The van der Waals surface area contributed by atoms with Gasteiger partial charge in [-0.1, -0.05) is 0 Å². The van der Waals surface area contributed by atoms with Crippen LogP contribution in [0.25, 0.3) is 0 Å². The molecule has 0 fully saturated rings. The lowest BCUT2D eigenvalue weighted by atomic mass is 10.3. The maximum atomic E-state index is 11.1. The molecule has 12 heavy (non-hydrogen) atoms. The molecular formula is C6H11ClN2O2S. The molecule has 0 saturated heterocycles. The topological polar surface area (TPSA) is 61.2 Å². The predicted octanol–water partition coefficient (Wildman–Crippen LogP) is 0.746. The third kappa shape index (κ3) is 2.97. The van der Waals surface area contributed by atoms with E-state index in [-0.39, 0.29) is 12.5 Å². The highest BCUT2D eigenvalue weighted by molar-refractivity contribution is 7.90. The highest BCUT2D eigenvalue weighted by Gasteiger charge is 2.21. The Morgan fingerprint density at radius 3 is 2.50 bits per heavy atom.